The van der Waals surface area contributed by atoms with E-state index in [1.165, 1.54) is 10.9 Å². The maximum Gasteiger partial charge on any atom is 0.571 e. The van der Waals surface area contributed by atoms with Gasteiger partial charge in [-0.25, -0.2) is 4.68 Å². The van der Waals surface area contributed by atoms with E-state index in [1.54, 1.807) is 24.5 Å². The predicted octanol–water partition coefficient (Wildman–Crippen LogP) is -0.473. The van der Waals surface area contributed by atoms with E-state index in [9.17, 15) is 4.79 Å². The number of carbonyl (C=O) groups excluding carboxylic acids is 1. The lowest BCUT2D eigenvalue weighted by Gasteiger charge is -1.95. The molecule has 0 bridgehead atoms. The molecule has 2 aromatic rings. The molecule has 2 heterocycles. The summed E-state index contributed by atoms with van der Waals surface area (Å²) in [5, 5.41) is 14.1. The van der Waals surface area contributed by atoms with Gasteiger partial charge in [0.1, 0.15) is 0 Å². The number of hydrogen-bond donors (Lipinski definition) is 0. The van der Waals surface area contributed by atoms with E-state index >= 15 is 0 Å². The van der Waals surface area contributed by atoms with Crippen molar-refractivity contribution in [3.05, 3.63) is 36.4 Å². The Morgan fingerprint density at radius 3 is 2.93 bits per heavy atom. The highest BCUT2D eigenvalue weighted by Crippen LogP contribution is 2.03. The van der Waals surface area contributed by atoms with Gasteiger partial charge in [-0.05, 0) is 12.1 Å². The van der Waals surface area contributed by atoms with Gasteiger partial charge in [0.15, 0.2) is 0 Å². The van der Waals surface area contributed by atoms with Crippen LogP contribution in [0.3, 0.4) is 0 Å². The molecule has 0 radical (unpaired) electrons. The van der Waals surface area contributed by atoms with Crippen molar-refractivity contribution >= 4 is 5.97 Å². The average Bonchev–Trinajstić information content (AvgIpc) is 2.68. The Hall–Kier alpha value is -2.24. The topological polar surface area (TPSA) is 83.6 Å². The van der Waals surface area contributed by atoms with Crippen molar-refractivity contribution < 1.29 is 9.90 Å². The zero-order valence-electron chi connectivity index (χ0n) is 7.08. The first kappa shape index (κ1) is 8.36. The van der Waals surface area contributed by atoms with Gasteiger partial charge in [0.05, 0.1) is 22.9 Å². The number of pyridine rings is 1. The molecular formula is C8H7N4O2+. The molecule has 0 spiro atoms. The van der Waals surface area contributed by atoms with Crippen molar-refractivity contribution in [3.63, 3.8) is 0 Å². The molecule has 0 aliphatic heterocycles. The molecule has 6 nitrogen and oxygen atoms in total. The van der Waals surface area contributed by atoms with Gasteiger partial charge in [0, 0.05) is 6.20 Å². The van der Waals surface area contributed by atoms with Crippen LogP contribution in [0.15, 0.2) is 30.7 Å². The Morgan fingerprint density at radius 1 is 1.50 bits per heavy atom. The minimum atomic E-state index is -0.847. The number of rotatable bonds is 2. The van der Waals surface area contributed by atoms with Crippen LogP contribution >= 0.6 is 0 Å². The smallest absolute Gasteiger partial charge is 0.560 e. The molecule has 0 atom stereocenters. The van der Waals surface area contributed by atoms with Crippen molar-refractivity contribution in [1.82, 2.24) is 20.0 Å². The monoisotopic (exact) mass is 191 g/mol. The summed E-state index contributed by atoms with van der Waals surface area (Å²) >= 11 is 0. The van der Waals surface area contributed by atoms with E-state index in [2.05, 4.69) is 15.3 Å². The standard InChI is InChI=1S/C8H6N4O2/c13-8(14)7-5-12(11-10-7)6-2-1-3-9-4-6/h1-5H,(H,13,14)/p+1. The van der Waals surface area contributed by atoms with Gasteiger partial charge in [0.25, 0.3) is 5.69 Å². The highest BCUT2D eigenvalue weighted by Gasteiger charge is 2.16. The van der Waals surface area contributed by atoms with Crippen molar-refractivity contribution in [2.45, 2.75) is 0 Å². The largest absolute Gasteiger partial charge is 0.571 e. The quantitative estimate of drug-likeness (QED) is 0.600. The molecule has 0 aliphatic rings. The third kappa shape index (κ3) is 1.45. The lowest BCUT2D eigenvalue weighted by atomic mass is 10.4. The molecule has 0 saturated carbocycles. The van der Waals surface area contributed by atoms with Crippen LogP contribution in [0.4, 0.5) is 0 Å². The summed E-state index contributed by atoms with van der Waals surface area (Å²) in [7, 11) is 0. The summed E-state index contributed by atoms with van der Waals surface area (Å²) < 4.78 is 1.40. The molecule has 0 amide bonds. The van der Waals surface area contributed by atoms with Crippen LogP contribution in [0.5, 0.6) is 0 Å². The third-order valence-electron chi connectivity index (χ3n) is 1.64. The lowest BCUT2D eigenvalue weighted by Crippen LogP contribution is -1.96. The molecule has 14 heavy (non-hydrogen) atoms. The number of carbonyl (C=O) groups is 1. The molecular weight excluding hydrogens is 184 g/mol. The lowest BCUT2D eigenvalue weighted by molar-refractivity contribution is 0.0690. The normalized spacial score (nSPS) is 10.0. The minimum absolute atomic E-state index is 0.0221. The maximum atomic E-state index is 10.6. The summed E-state index contributed by atoms with van der Waals surface area (Å²) in [6.45, 7) is 0. The molecule has 2 aromatic heterocycles. The molecule has 0 unspecified atom stereocenters. The maximum absolute atomic E-state index is 10.6. The summed E-state index contributed by atoms with van der Waals surface area (Å²) in [6, 6.07) is 3.53. The predicted molar refractivity (Wildman–Crippen MR) is 47.1 cm³/mol. The first-order valence-corrected chi connectivity index (χ1v) is 3.86. The second-order valence-electron chi connectivity index (χ2n) is 2.59. The second-order valence-corrected chi connectivity index (χ2v) is 2.59. The van der Waals surface area contributed by atoms with E-state index in [0.717, 1.165) is 0 Å². The van der Waals surface area contributed by atoms with Gasteiger partial charge in [-0.15, -0.1) is 5.10 Å². The van der Waals surface area contributed by atoms with Gasteiger partial charge in [-0.3, -0.25) is 4.98 Å². The molecule has 6 heteroatoms. The summed E-state index contributed by atoms with van der Waals surface area (Å²) in [5.74, 6) is -0.847. The second kappa shape index (κ2) is 3.25. The third-order valence-corrected chi connectivity index (χ3v) is 1.64. The fourth-order valence-corrected chi connectivity index (χ4v) is 0.983. The number of nitrogens with zero attached hydrogens (tertiary/aromatic N) is 4. The Labute approximate surface area is 78.8 Å². The van der Waals surface area contributed by atoms with E-state index in [4.69, 9.17) is 5.11 Å². The van der Waals surface area contributed by atoms with Crippen LogP contribution < -0.4 is 0 Å². The summed E-state index contributed by atoms with van der Waals surface area (Å²) in [6.07, 6.45) is 4.62. The zero-order chi connectivity index (χ0) is 9.97. The highest BCUT2D eigenvalue weighted by molar-refractivity contribution is 5.84. The van der Waals surface area contributed by atoms with Gasteiger partial charge in [0.2, 0.25) is 0 Å². The van der Waals surface area contributed by atoms with E-state index in [-0.39, 0.29) is 5.69 Å². The van der Waals surface area contributed by atoms with Crippen LogP contribution in [0, 0.1) is 0 Å². The molecule has 0 aromatic carbocycles. The Morgan fingerprint density at radius 2 is 2.36 bits per heavy atom. The van der Waals surface area contributed by atoms with Crippen LogP contribution in [0.2, 0.25) is 0 Å². The van der Waals surface area contributed by atoms with E-state index in [1.807, 2.05) is 0 Å². The van der Waals surface area contributed by atoms with Gasteiger partial charge in [-0.1, -0.05) is 5.21 Å². The van der Waals surface area contributed by atoms with Crippen molar-refractivity contribution in [1.29, 1.82) is 0 Å². The molecule has 70 valence electrons. The fourth-order valence-electron chi connectivity index (χ4n) is 0.983. The average molecular weight is 191 g/mol. The van der Waals surface area contributed by atoms with Gasteiger partial charge in [-0.2, -0.15) is 0 Å². The van der Waals surface area contributed by atoms with Crippen molar-refractivity contribution in [2.75, 3.05) is 0 Å². The molecule has 0 aliphatic carbocycles. The van der Waals surface area contributed by atoms with E-state index < -0.39 is 5.97 Å². The minimum Gasteiger partial charge on any atom is -0.560 e. The summed E-state index contributed by atoms with van der Waals surface area (Å²) in [4.78, 5) is 14.5. The molecule has 2 rings (SSSR count). The molecule has 0 fully saturated rings. The van der Waals surface area contributed by atoms with Crippen molar-refractivity contribution in [2.24, 2.45) is 0 Å². The molecule has 2 N–H and O–H groups in total. The first-order chi connectivity index (χ1) is 6.77. The van der Waals surface area contributed by atoms with Crippen LogP contribution in [0.1, 0.15) is 10.5 Å². The first-order valence-electron chi connectivity index (χ1n) is 3.86. The van der Waals surface area contributed by atoms with E-state index in [0.29, 0.717) is 5.69 Å². The Kier molecular flexibility index (Phi) is 1.94. The Bertz CT molecular complexity index is 451. The van der Waals surface area contributed by atoms with Crippen LogP contribution in [0.25, 0.3) is 5.69 Å². The summed E-state index contributed by atoms with van der Waals surface area (Å²) in [5.41, 5.74) is 0.723. The number of aromatic nitrogens is 4. The van der Waals surface area contributed by atoms with Crippen LogP contribution in [-0.4, -0.2) is 31.1 Å². The fraction of sp³-hybridized carbons (Fsp3) is 0. The molecule has 0 saturated heterocycles. The van der Waals surface area contributed by atoms with Gasteiger partial charge >= 0.3 is 5.97 Å². The van der Waals surface area contributed by atoms with Crippen molar-refractivity contribution in [3.8, 4) is 5.69 Å². The van der Waals surface area contributed by atoms with Gasteiger partial charge < -0.3 is 5.11 Å². The SMILES string of the molecule is O=C([OH2+])c1cn(-c2cccnc2)nn1. The highest BCUT2D eigenvalue weighted by atomic mass is 16.4. The Balaban J connectivity index is 2.39. The zero-order valence-corrected chi connectivity index (χ0v) is 7.08. The van der Waals surface area contributed by atoms with Crippen LogP contribution in [-0.2, 0) is 0 Å². The number of hydrogen-bond acceptors (Lipinski definition) is 4.